The van der Waals surface area contributed by atoms with Crippen LogP contribution in [0.25, 0.3) is 0 Å². The molecule has 5 heteroatoms. The summed E-state index contributed by atoms with van der Waals surface area (Å²) in [5.74, 6) is 0.589. The van der Waals surface area contributed by atoms with Gasteiger partial charge < -0.3 is 5.32 Å². The average Bonchev–Trinajstić information content (AvgIpc) is 2.86. The summed E-state index contributed by atoms with van der Waals surface area (Å²) in [6.07, 6.45) is 8.55. The first kappa shape index (κ1) is 16.1. The fourth-order valence-corrected chi connectivity index (χ4v) is 6.09. The third kappa shape index (κ3) is 3.44. The number of amides is 1. The minimum Gasteiger partial charge on any atom is -0.342 e. The van der Waals surface area contributed by atoms with Crippen LogP contribution in [0.5, 0.6) is 0 Å². The summed E-state index contributed by atoms with van der Waals surface area (Å²) in [5, 5.41) is 13.3. The highest BCUT2D eigenvalue weighted by molar-refractivity contribution is 8.00. The van der Waals surface area contributed by atoms with Gasteiger partial charge >= 0.3 is 0 Å². The minimum atomic E-state index is -0.00182. The molecule has 0 spiro atoms. The van der Waals surface area contributed by atoms with Gasteiger partial charge in [0.25, 0.3) is 0 Å². The average molecular weight is 321 g/mol. The molecule has 0 bridgehead atoms. The lowest BCUT2D eigenvalue weighted by molar-refractivity contribution is -0.123. The molecule has 0 unspecified atom stereocenters. The van der Waals surface area contributed by atoms with E-state index in [0.29, 0.717) is 23.8 Å². The van der Waals surface area contributed by atoms with E-state index in [1.165, 1.54) is 38.5 Å². The molecule has 122 valence electrons. The van der Waals surface area contributed by atoms with Gasteiger partial charge in [-0.2, -0.15) is 5.26 Å². The summed E-state index contributed by atoms with van der Waals surface area (Å²) in [5.41, 5.74) is 0. The van der Waals surface area contributed by atoms with Crippen LogP contribution in [-0.4, -0.2) is 40.6 Å². The van der Waals surface area contributed by atoms with Crippen molar-refractivity contribution in [1.82, 2.24) is 10.2 Å². The van der Waals surface area contributed by atoms with Crippen LogP contribution in [0.15, 0.2) is 0 Å². The van der Waals surface area contributed by atoms with Gasteiger partial charge in [0.05, 0.1) is 23.9 Å². The molecule has 22 heavy (non-hydrogen) atoms. The van der Waals surface area contributed by atoms with Crippen molar-refractivity contribution < 1.29 is 4.79 Å². The normalized spacial score (nSPS) is 39.0. The Kier molecular flexibility index (Phi) is 5.30. The molecule has 3 fully saturated rings. The summed E-state index contributed by atoms with van der Waals surface area (Å²) in [7, 11) is 0. The van der Waals surface area contributed by atoms with E-state index in [1.54, 1.807) is 0 Å². The monoisotopic (exact) mass is 321 g/mol. The predicted molar refractivity (Wildman–Crippen MR) is 89.3 cm³/mol. The number of thioether (sulfide) groups is 1. The molecular formula is C17H27N3OS. The molecule has 1 N–H and O–H groups in total. The first-order chi connectivity index (χ1) is 10.7. The van der Waals surface area contributed by atoms with Gasteiger partial charge in [0, 0.05) is 11.3 Å². The topological polar surface area (TPSA) is 56.1 Å². The first-order valence-corrected chi connectivity index (χ1v) is 9.72. The zero-order valence-corrected chi connectivity index (χ0v) is 14.3. The molecule has 4 nitrogen and oxygen atoms in total. The molecule has 5 atom stereocenters. The van der Waals surface area contributed by atoms with Crippen LogP contribution < -0.4 is 5.32 Å². The third-order valence-electron chi connectivity index (χ3n) is 5.60. The van der Waals surface area contributed by atoms with Crippen molar-refractivity contribution in [2.24, 2.45) is 11.8 Å². The van der Waals surface area contributed by atoms with Crippen LogP contribution in [0.1, 0.15) is 51.9 Å². The molecule has 2 saturated heterocycles. The molecule has 1 saturated carbocycles. The number of fused-ring (bicyclic) bond motifs is 1. The molecule has 2 aliphatic heterocycles. The van der Waals surface area contributed by atoms with Crippen LogP contribution >= 0.6 is 11.8 Å². The minimum absolute atomic E-state index is 0.00182. The highest BCUT2D eigenvalue weighted by Crippen LogP contribution is 2.48. The van der Waals surface area contributed by atoms with Crippen molar-refractivity contribution in [2.75, 3.05) is 13.1 Å². The Morgan fingerprint density at radius 2 is 2.05 bits per heavy atom. The lowest BCUT2D eigenvalue weighted by atomic mass is 9.80. The number of nitriles is 1. The van der Waals surface area contributed by atoms with E-state index in [0.717, 1.165) is 13.0 Å². The molecule has 0 radical (unpaired) electrons. The highest BCUT2D eigenvalue weighted by atomic mass is 32.2. The summed E-state index contributed by atoms with van der Waals surface area (Å²) < 4.78 is 0. The maximum atomic E-state index is 12.4. The second kappa shape index (κ2) is 7.23. The van der Waals surface area contributed by atoms with E-state index in [4.69, 9.17) is 0 Å². The number of nitrogens with one attached hydrogen (secondary N) is 1. The number of carbonyl (C=O) groups excluding carboxylic acids is 1. The molecule has 0 aromatic rings. The van der Waals surface area contributed by atoms with E-state index in [9.17, 15) is 10.1 Å². The van der Waals surface area contributed by atoms with Crippen LogP contribution in [0.4, 0.5) is 0 Å². The quantitative estimate of drug-likeness (QED) is 0.868. The van der Waals surface area contributed by atoms with Gasteiger partial charge in [-0.05, 0) is 45.1 Å². The third-order valence-corrected chi connectivity index (χ3v) is 7.24. The largest absolute Gasteiger partial charge is 0.342 e. The lowest BCUT2D eigenvalue weighted by Gasteiger charge is -2.33. The number of nitrogens with zero attached hydrogens (tertiary/aromatic N) is 2. The summed E-state index contributed by atoms with van der Waals surface area (Å²) in [4.78, 5) is 14.7. The Hall–Kier alpha value is -0.730. The van der Waals surface area contributed by atoms with Gasteiger partial charge in [-0.25, -0.2) is 0 Å². The summed E-state index contributed by atoms with van der Waals surface area (Å²) in [6, 6.07) is 2.99. The molecule has 3 rings (SSSR count). The molecular weight excluding hydrogens is 294 g/mol. The second-order valence-corrected chi connectivity index (χ2v) is 8.47. The van der Waals surface area contributed by atoms with E-state index < -0.39 is 0 Å². The number of hydrogen-bond acceptors (Lipinski definition) is 4. The zero-order chi connectivity index (χ0) is 15.5. The molecule has 0 aromatic carbocycles. The van der Waals surface area contributed by atoms with E-state index in [1.807, 2.05) is 11.8 Å². The molecule has 1 amide bonds. The molecule has 0 aromatic heterocycles. The SMILES string of the molecule is C[C@@H]1CCCCN1CC(=O)N[C@@H]1S[C@H]2CCCC[C@@H]2[C@H]1C#N. The standard InChI is InChI=1S/C17H27N3OS/c1-12-6-4-5-9-20(12)11-16(21)19-17-14(10-18)13-7-2-3-8-15(13)22-17/h12-15,17H,2-9,11H2,1H3,(H,19,21)/t12-,13-,14-,15+,17-/m1/s1. The molecule has 2 heterocycles. The van der Waals surface area contributed by atoms with Crippen molar-refractivity contribution in [2.45, 2.75) is 68.5 Å². The number of rotatable bonds is 3. The second-order valence-electron chi connectivity index (χ2n) is 7.08. The fourth-order valence-electron chi connectivity index (χ4n) is 4.27. The van der Waals surface area contributed by atoms with Crippen LogP contribution in [0.3, 0.4) is 0 Å². The van der Waals surface area contributed by atoms with Gasteiger partial charge in [0.1, 0.15) is 0 Å². The maximum absolute atomic E-state index is 12.4. The van der Waals surface area contributed by atoms with Crippen LogP contribution in [-0.2, 0) is 4.79 Å². The first-order valence-electron chi connectivity index (χ1n) is 8.77. The maximum Gasteiger partial charge on any atom is 0.235 e. The van der Waals surface area contributed by atoms with Gasteiger partial charge in [0.2, 0.25) is 5.91 Å². The fraction of sp³-hybridized carbons (Fsp3) is 0.882. The molecule has 1 aliphatic carbocycles. The van der Waals surface area contributed by atoms with Crippen LogP contribution in [0, 0.1) is 23.2 Å². The van der Waals surface area contributed by atoms with Crippen molar-refractivity contribution in [1.29, 1.82) is 5.26 Å². The summed E-state index contributed by atoms with van der Waals surface area (Å²) >= 11 is 1.85. The Labute approximate surface area is 138 Å². The van der Waals surface area contributed by atoms with Gasteiger partial charge in [-0.3, -0.25) is 9.69 Å². The van der Waals surface area contributed by atoms with Gasteiger partial charge in [-0.15, -0.1) is 11.8 Å². The smallest absolute Gasteiger partial charge is 0.235 e. The van der Waals surface area contributed by atoms with Crippen molar-refractivity contribution in [3.63, 3.8) is 0 Å². The van der Waals surface area contributed by atoms with Crippen LogP contribution in [0.2, 0.25) is 0 Å². The van der Waals surface area contributed by atoms with Crippen molar-refractivity contribution in [3.8, 4) is 6.07 Å². The Balaban J connectivity index is 1.55. The Bertz CT molecular complexity index is 450. The summed E-state index contributed by atoms with van der Waals surface area (Å²) in [6.45, 7) is 3.73. The number of piperidine rings is 1. The highest BCUT2D eigenvalue weighted by Gasteiger charge is 2.45. The van der Waals surface area contributed by atoms with E-state index >= 15 is 0 Å². The number of carbonyl (C=O) groups is 1. The predicted octanol–water partition coefficient (Wildman–Crippen LogP) is 2.75. The van der Waals surface area contributed by atoms with E-state index in [-0.39, 0.29) is 17.2 Å². The van der Waals surface area contributed by atoms with E-state index in [2.05, 4.69) is 23.2 Å². The van der Waals surface area contributed by atoms with Crippen molar-refractivity contribution >= 4 is 17.7 Å². The Morgan fingerprint density at radius 3 is 2.82 bits per heavy atom. The van der Waals surface area contributed by atoms with Gasteiger partial charge in [-0.1, -0.05) is 19.3 Å². The number of likely N-dealkylation sites (tertiary alicyclic amines) is 1. The zero-order valence-electron chi connectivity index (χ0n) is 13.5. The molecule has 3 aliphatic rings. The number of hydrogen-bond donors (Lipinski definition) is 1. The Morgan fingerprint density at radius 1 is 1.27 bits per heavy atom. The van der Waals surface area contributed by atoms with Gasteiger partial charge in [0.15, 0.2) is 0 Å². The lowest BCUT2D eigenvalue weighted by Crippen LogP contribution is -2.47. The van der Waals surface area contributed by atoms with Crippen molar-refractivity contribution in [3.05, 3.63) is 0 Å².